The van der Waals surface area contributed by atoms with Gasteiger partial charge in [-0.05, 0) is 56.6 Å². The zero-order valence-electron chi connectivity index (χ0n) is 17.7. The molecule has 1 atom stereocenters. The van der Waals surface area contributed by atoms with Crippen LogP contribution in [0.15, 0.2) is 30.6 Å². The first-order chi connectivity index (χ1) is 15.3. The summed E-state index contributed by atoms with van der Waals surface area (Å²) in [5.41, 5.74) is 0.586. The predicted octanol–water partition coefficient (Wildman–Crippen LogP) is 4.61. The van der Waals surface area contributed by atoms with Crippen molar-refractivity contribution in [3.63, 3.8) is 0 Å². The Morgan fingerprint density at radius 2 is 2.16 bits per heavy atom. The molecule has 1 N–H and O–H groups in total. The SMILES string of the molecule is COc1cccnc1-n1cc(C[C@H]2OC3(CCNCC3)c3sc(Cl)cc3C2(F)F)c(C)n1. The largest absolute Gasteiger partial charge is 0.493 e. The van der Waals surface area contributed by atoms with E-state index in [1.807, 2.05) is 0 Å². The van der Waals surface area contributed by atoms with Crippen LogP contribution < -0.4 is 10.1 Å². The number of alkyl halides is 2. The van der Waals surface area contributed by atoms with E-state index in [1.54, 1.807) is 43.2 Å². The van der Waals surface area contributed by atoms with Crippen LogP contribution in [-0.4, -0.2) is 41.1 Å². The van der Waals surface area contributed by atoms with Gasteiger partial charge in [-0.15, -0.1) is 11.3 Å². The fraction of sp³-hybridized carbons (Fsp3) is 0.455. The van der Waals surface area contributed by atoms with E-state index in [2.05, 4.69) is 15.4 Å². The smallest absolute Gasteiger partial charge is 0.300 e. The molecule has 5 rings (SSSR count). The van der Waals surface area contributed by atoms with Gasteiger partial charge in [0.15, 0.2) is 11.6 Å². The molecule has 1 spiro atoms. The zero-order chi connectivity index (χ0) is 22.5. The average molecular weight is 481 g/mol. The molecule has 2 aliphatic rings. The summed E-state index contributed by atoms with van der Waals surface area (Å²) in [5.74, 6) is -2.11. The van der Waals surface area contributed by atoms with E-state index in [9.17, 15) is 0 Å². The van der Waals surface area contributed by atoms with E-state index in [4.69, 9.17) is 21.1 Å². The van der Waals surface area contributed by atoms with Gasteiger partial charge in [0.2, 0.25) is 0 Å². The highest BCUT2D eigenvalue weighted by Gasteiger charge is 2.56. The van der Waals surface area contributed by atoms with Crippen molar-refractivity contribution in [1.29, 1.82) is 0 Å². The van der Waals surface area contributed by atoms with Crippen LogP contribution in [-0.2, 0) is 22.7 Å². The van der Waals surface area contributed by atoms with Crippen molar-refractivity contribution in [2.45, 2.75) is 43.8 Å². The van der Waals surface area contributed by atoms with Gasteiger partial charge < -0.3 is 14.8 Å². The van der Waals surface area contributed by atoms with Crippen LogP contribution in [0.4, 0.5) is 8.78 Å². The molecular weight excluding hydrogens is 458 g/mol. The molecule has 0 aliphatic carbocycles. The number of hydrogen-bond donors (Lipinski definition) is 1. The predicted molar refractivity (Wildman–Crippen MR) is 118 cm³/mol. The number of thiophene rings is 1. The molecule has 1 fully saturated rings. The van der Waals surface area contributed by atoms with Crippen molar-refractivity contribution in [3.05, 3.63) is 56.6 Å². The van der Waals surface area contributed by atoms with E-state index < -0.39 is 17.6 Å². The second-order valence-electron chi connectivity index (χ2n) is 8.18. The quantitative estimate of drug-likeness (QED) is 0.591. The maximum Gasteiger partial charge on any atom is 0.300 e. The van der Waals surface area contributed by atoms with E-state index in [-0.39, 0.29) is 12.0 Å². The number of aromatic nitrogens is 3. The minimum Gasteiger partial charge on any atom is -0.493 e. The van der Waals surface area contributed by atoms with Crippen molar-refractivity contribution in [1.82, 2.24) is 20.1 Å². The minimum atomic E-state index is -3.16. The molecular formula is C22H23ClF2N4O2S. The number of nitrogens with one attached hydrogen (secondary N) is 1. The molecule has 5 heterocycles. The van der Waals surface area contributed by atoms with Crippen molar-refractivity contribution >= 4 is 22.9 Å². The monoisotopic (exact) mass is 480 g/mol. The Kier molecular flexibility index (Phi) is 5.48. The third-order valence-corrected chi connectivity index (χ3v) is 7.70. The average Bonchev–Trinajstić information content (AvgIpc) is 3.37. The van der Waals surface area contributed by atoms with Crippen LogP contribution in [0.5, 0.6) is 5.75 Å². The van der Waals surface area contributed by atoms with E-state index >= 15 is 8.78 Å². The van der Waals surface area contributed by atoms with Gasteiger partial charge in [0, 0.05) is 29.3 Å². The van der Waals surface area contributed by atoms with Crippen molar-refractivity contribution in [3.8, 4) is 11.6 Å². The third kappa shape index (κ3) is 3.51. The normalized spacial score (nSPS) is 21.5. The van der Waals surface area contributed by atoms with Crippen LogP contribution in [0.2, 0.25) is 4.34 Å². The Morgan fingerprint density at radius 3 is 2.91 bits per heavy atom. The number of nitrogens with zero attached hydrogens (tertiary/aromatic N) is 3. The summed E-state index contributed by atoms with van der Waals surface area (Å²) >= 11 is 7.40. The Hall–Kier alpha value is -2.07. The zero-order valence-corrected chi connectivity index (χ0v) is 19.3. The van der Waals surface area contributed by atoms with Crippen LogP contribution in [0.25, 0.3) is 5.82 Å². The van der Waals surface area contributed by atoms with Crippen LogP contribution in [0.3, 0.4) is 0 Å². The van der Waals surface area contributed by atoms with E-state index in [0.717, 1.165) is 0 Å². The summed E-state index contributed by atoms with van der Waals surface area (Å²) in [7, 11) is 1.55. The van der Waals surface area contributed by atoms with Crippen LogP contribution in [0.1, 0.15) is 34.5 Å². The summed E-state index contributed by atoms with van der Waals surface area (Å²) in [6.07, 6.45) is 3.33. The molecule has 6 nitrogen and oxygen atoms in total. The van der Waals surface area contributed by atoms with E-state index in [0.29, 0.717) is 58.0 Å². The van der Waals surface area contributed by atoms with Gasteiger partial charge in [-0.3, -0.25) is 0 Å². The van der Waals surface area contributed by atoms with E-state index in [1.165, 1.54) is 17.4 Å². The molecule has 170 valence electrons. The lowest BCUT2D eigenvalue weighted by molar-refractivity contribution is -0.227. The lowest BCUT2D eigenvalue weighted by atomic mass is 9.82. The molecule has 0 amide bonds. The fourth-order valence-corrected chi connectivity index (χ4v) is 6.04. The summed E-state index contributed by atoms with van der Waals surface area (Å²) in [6.45, 7) is 3.22. The Bertz CT molecular complexity index is 1140. The van der Waals surface area contributed by atoms with Crippen LogP contribution in [0, 0.1) is 6.92 Å². The van der Waals surface area contributed by atoms with Gasteiger partial charge in [0.25, 0.3) is 5.92 Å². The lowest BCUT2D eigenvalue weighted by Crippen LogP contribution is -2.52. The number of ether oxygens (including phenoxy) is 2. The number of fused-ring (bicyclic) bond motifs is 2. The first kappa shape index (κ1) is 21.8. The molecule has 0 saturated carbocycles. The van der Waals surface area contributed by atoms with Crippen molar-refractivity contribution in [2.24, 2.45) is 0 Å². The standard InChI is InChI=1S/C22H23ClF2N4O2S/c1-13-14(12-29(28-13)20-16(30-2)4-3-7-27-20)10-17-22(24,25)15-11-18(23)32-19(15)21(31-17)5-8-26-9-6-21/h3-4,7,11-12,17,26H,5-6,8-10H2,1-2H3/t17-/m1/s1. The molecule has 1 saturated heterocycles. The van der Waals surface area contributed by atoms with Crippen molar-refractivity contribution < 1.29 is 18.3 Å². The molecule has 3 aromatic rings. The highest BCUT2D eigenvalue weighted by Crippen LogP contribution is 2.55. The molecule has 0 aromatic carbocycles. The first-order valence-electron chi connectivity index (χ1n) is 10.5. The maximum atomic E-state index is 15.6. The molecule has 0 unspecified atom stereocenters. The molecule has 0 bridgehead atoms. The van der Waals surface area contributed by atoms with Gasteiger partial charge in [0.05, 0.1) is 17.1 Å². The second-order valence-corrected chi connectivity index (χ2v) is 9.87. The maximum absolute atomic E-state index is 15.6. The number of rotatable bonds is 4. The highest BCUT2D eigenvalue weighted by molar-refractivity contribution is 7.16. The summed E-state index contributed by atoms with van der Waals surface area (Å²) < 4.78 is 44.8. The Labute approximate surface area is 193 Å². The fourth-order valence-electron chi connectivity index (χ4n) is 4.58. The number of methoxy groups -OCH3 is 1. The second kappa shape index (κ2) is 8.06. The Balaban J connectivity index is 1.51. The molecule has 2 aliphatic heterocycles. The number of aryl methyl sites for hydroxylation is 1. The number of halogens is 3. The highest BCUT2D eigenvalue weighted by atomic mass is 35.5. The third-order valence-electron chi connectivity index (χ3n) is 6.25. The topological polar surface area (TPSA) is 61.2 Å². The number of hydrogen-bond acceptors (Lipinski definition) is 6. The molecule has 32 heavy (non-hydrogen) atoms. The van der Waals surface area contributed by atoms with Gasteiger partial charge in [0.1, 0.15) is 11.7 Å². The van der Waals surface area contributed by atoms with Gasteiger partial charge >= 0.3 is 0 Å². The number of piperidine rings is 1. The first-order valence-corrected chi connectivity index (χ1v) is 11.6. The van der Waals surface area contributed by atoms with Crippen LogP contribution >= 0.6 is 22.9 Å². The molecule has 10 heteroatoms. The van der Waals surface area contributed by atoms with Gasteiger partial charge in [-0.1, -0.05) is 11.6 Å². The molecule has 3 aromatic heterocycles. The van der Waals surface area contributed by atoms with Gasteiger partial charge in [-0.25, -0.2) is 9.67 Å². The summed E-state index contributed by atoms with van der Waals surface area (Å²) in [4.78, 5) is 4.89. The Morgan fingerprint density at radius 1 is 1.38 bits per heavy atom. The summed E-state index contributed by atoms with van der Waals surface area (Å²) in [5, 5.41) is 7.79. The minimum absolute atomic E-state index is 0.00194. The molecule has 0 radical (unpaired) electrons. The lowest BCUT2D eigenvalue weighted by Gasteiger charge is -2.46. The van der Waals surface area contributed by atoms with Gasteiger partial charge in [-0.2, -0.15) is 13.9 Å². The summed E-state index contributed by atoms with van der Waals surface area (Å²) in [6, 6.07) is 4.95. The number of pyridine rings is 1. The van der Waals surface area contributed by atoms with Crippen molar-refractivity contribution in [2.75, 3.05) is 20.2 Å².